The normalized spacial score (nSPS) is 18.4. The van der Waals surface area contributed by atoms with Crippen LogP contribution in [0.5, 0.6) is 0 Å². The van der Waals surface area contributed by atoms with E-state index in [4.69, 9.17) is 27.9 Å². The Morgan fingerprint density at radius 1 is 1.43 bits per heavy atom. The second-order valence-electron chi connectivity index (χ2n) is 5.33. The molecule has 2 rings (SSSR count). The summed E-state index contributed by atoms with van der Waals surface area (Å²) < 4.78 is 5.64. The van der Waals surface area contributed by atoms with Gasteiger partial charge in [-0.15, -0.1) is 0 Å². The highest BCUT2D eigenvalue weighted by molar-refractivity contribution is 6.38. The second kappa shape index (κ2) is 7.34. The summed E-state index contributed by atoms with van der Waals surface area (Å²) in [6, 6.07) is 3.23. The highest BCUT2D eigenvalue weighted by Gasteiger charge is 2.19. The number of ether oxygens (including phenoxy) is 1. The Labute approximate surface area is 135 Å². The van der Waals surface area contributed by atoms with E-state index in [1.807, 2.05) is 6.92 Å². The summed E-state index contributed by atoms with van der Waals surface area (Å²) in [7, 11) is 1.75. The first kappa shape index (κ1) is 16.4. The molecule has 116 valence electrons. The average molecular weight is 331 g/mol. The molecular formula is C15H20Cl2N2O2. The molecule has 1 atom stereocenters. The molecule has 2 amide bonds. The topological polar surface area (TPSA) is 41.6 Å². The maximum Gasteiger partial charge on any atom is 0.321 e. The predicted octanol–water partition coefficient (Wildman–Crippen LogP) is 4.33. The number of benzene rings is 1. The van der Waals surface area contributed by atoms with Crippen molar-refractivity contribution in [3.05, 3.63) is 27.7 Å². The summed E-state index contributed by atoms with van der Waals surface area (Å²) in [6.45, 7) is 3.18. The van der Waals surface area contributed by atoms with Gasteiger partial charge in [-0.3, -0.25) is 0 Å². The van der Waals surface area contributed by atoms with Gasteiger partial charge < -0.3 is 15.0 Å². The summed E-state index contributed by atoms with van der Waals surface area (Å²) in [5.41, 5.74) is 1.33. The molecule has 1 fully saturated rings. The van der Waals surface area contributed by atoms with Crippen molar-refractivity contribution in [1.82, 2.24) is 4.90 Å². The van der Waals surface area contributed by atoms with E-state index < -0.39 is 0 Å². The number of nitrogens with one attached hydrogen (secondary N) is 1. The molecule has 1 aliphatic heterocycles. The van der Waals surface area contributed by atoms with E-state index in [9.17, 15) is 4.79 Å². The molecule has 1 N–H and O–H groups in total. The highest BCUT2D eigenvalue weighted by atomic mass is 35.5. The summed E-state index contributed by atoms with van der Waals surface area (Å²) in [6.07, 6.45) is 3.38. The van der Waals surface area contributed by atoms with Crippen LogP contribution >= 0.6 is 23.2 Å². The number of carbonyl (C=O) groups is 1. The second-order valence-corrected chi connectivity index (χ2v) is 6.12. The molecule has 0 aliphatic carbocycles. The van der Waals surface area contributed by atoms with Gasteiger partial charge in [0.25, 0.3) is 0 Å². The lowest BCUT2D eigenvalue weighted by molar-refractivity contribution is 0.00463. The van der Waals surface area contributed by atoms with Crippen LogP contribution in [0.1, 0.15) is 24.8 Å². The van der Waals surface area contributed by atoms with Crippen molar-refractivity contribution >= 4 is 34.9 Å². The van der Waals surface area contributed by atoms with Crippen molar-refractivity contribution in [3.63, 3.8) is 0 Å². The number of hydrogen-bond donors (Lipinski definition) is 1. The fourth-order valence-corrected chi connectivity index (χ4v) is 2.73. The number of carbonyl (C=O) groups excluding carboxylic acids is 1. The van der Waals surface area contributed by atoms with E-state index in [1.54, 1.807) is 24.1 Å². The number of likely N-dealkylation sites (N-methyl/N-ethyl adjacent to an activating group) is 1. The van der Waals surface area contributed by atoms with Crippen LogP contribution in [0.2, 0.25) is 10.0 Å². The average Bonchev–Trinajstić information content (AvgIpc) is 2.48. The number of halogens is 2. The third-order valence-corrected chi connectivity index (χ3v) is 4.56. The fourth-order valence-electron chi connectivity index (χ4n) is 2.31. The van der Waals surface area contributed by atoms with E-state index in [1.165, 1.54) is 0 Å². The smallest absolute Gasteiger partial charge is 0.321 e. The van der Waals surface area contributed by atoms with Crippen LogP contribution in [0.15, 0.2) is 12.1 Å². The maximum absolute atomic E-state index is 12.2. The van der Waals surface area contributed by atoms with Gasteiger partial charge in [-0.1, -0.05) is 23.2 Å². The highest BCUT2D eigenvalue weighted by Crippen LogP contribution is 2.31. The molecule has 1 aliphatic rings. The van der Waals surface area contributed by atoms with Crippen molar-refractivity contribution in [2.75, 3.05) is 25.5 Å². The minimum absolute atomic E-state index is 0.122. The van der Waals surface area contributed by atoms with Crippen molar-refractivity contribution in [3.8, 4) is 0 Å². The van der Waals surface area contributed by atoms with Crippen LogP contribution in [0.25, 0.3) is 0 Å². The zero-order valence-corrected chi connectivity index (χ0v) is 13.8. The number of nitrogens with zero attached hydrogens (tertiary/aromatic N) is 1. The number of urea groups is 1. The van der Waals surface area contributed by atoms with Gasteiger partial charge in [-0.2, -0.15) is 0 Å². The van der Waals surface area contributed by atoms with Crippen LogP contribution in [-0.4, -0.2) is 37.2 Å². The van der Waals surface area contributed by atoms with Crippen molar-refractivity contribution in [2.45, 2.75) is 32.3 Å². The Morgan fingerprint density at radius 3 is 2.86 bits per heavy atom. The van der Waals surface area contributed by atoms with Gasteiger partial charge in [0.05, 0.1) is 16.8 Å². The third kappa shape index (κ3) is 4.25. The van der Waals surface area contributed by atoms with E-state index >= 15 is 0 Å². The van der Waals surface area contributed by atoms with Crippen LogP contribution in [0.3, 0.4) is 0 Å². The Kier molecular flexibility index (Phi) is 5.73. The van der Waals surface area contributed by atoms with Gasteiger partial charge in [0.2, 0.25) is 0 Å². The SMILES string of the molecule is Cc1c(Cl)ccc(NC(=O)N(C)C[C@@H]2CCCCO2)c1Cl. The molecule has 21 heavy (non-hydrogen) atoms. The summed E-state index contributed by atoms with van der Waals surface area (Å²) in [5.74, 6) is 0. The molecule has 0 saturated carbocycles. The van der Waals surface area contributed by atoms with Gasteiger partial charge in [-0.25, -0.2) is 4.79 Å². The van der Waals surface area contributed by atoms with E-state index in [-0.39, 0.29) is 12.1 Å². The lowest BCUT2D eigenvalue weighted by atomic mass is 10.1. The number of anilines is 1. The van der Waals surface area contributed by atoms with Crippen molar-refractivity contribution in [1.29, 1.82) is 0 Å². The first-order valence-electron chi connectivity index (χ1n) is 7.07. The summed E-state index contributed by atoms with van der Waals surface area (Å²) in [4.78, 5) is 13.8. The molecule has 1 aromatic carbocycles. The summed E-state index contributed by atoms with van der Waals surface area (Å²) >= 11 is 12.2. The quantitative estimate of drug-likeness (QED) is 0.895. The standard InChI is InChI=1S/C15H20Cl2N2O2/c1-10-12(16)6-7-13(14(10)17)18-15(20)19(2)9-11-5-3-4-8-21-11/h6-7,11H,3-5,8-9H2,1-2H3,(H,18,20)/t11-/m0/s1. The molecule has 4 nitrogen and oxygen atoms in total. The van der Waals surface area contributed by atoms with Gasteiger partial charge in [0.1, 0.15) is 0 Å². The van der Waals surface area contributed by atoms with Gasteiger partial charge in [0, 0.05) is 25.2 Å². The van der Waals surface area contributed by atoms with Gasteiger partial charge in [-0.05, 0) is 43.9 Å². The van der Waals surface area contributed by atoms with Gasteiger partial charge >= 0.3 is 6.03 Å². The maximum atomic E-state index is 12.2. The number of hydrogen-bond acceptors (Lipinski definition) is 2. The number of amides is 2. The molecule has 0 bridgehead atoms. The molecule has 0 unspecified atom stereocenters. The first-order valence-corrected chi connectivity index (χ1v) is 7.83. The molecule has 1 saturated heterocycles. The lowest BCUT2D eigenvalue weighted by Crippen LogP contribution is -2.39. The molecule has 0 aromatic heterocycles. The van der Waals surface area contributed by atoms with Crippen LogP contribution in [0, 0.1) is 6.92 Å². The zero-order chi connectivity index (χ0) is 15.4. The zero-order valence-electron chi connectivity index (χ0n) is 12.3. The molecule has 0 spiro atoms. The molecule has 1 heterocycles. The minimum Gasteiger partial charge on any atom is -0.376 e. The molecule has 6 heteroatoms. The Bertz CT molecular complexity index is 517. The third-order valence-electron chi connectivity index (χ3n) is 3.66. The Hall–Kier alpha value is -0.970. The van der Waals surface area contributed by atoms with Crippen molar-refractivity contribution < 1.29 is 9.53 Å². The first-order chi connectivity index (χ1) is 9.99. The van der Waals surface area contributed by atoms with Crippen LogP contribution in [-0.2, 0) is 4.74 Å². The largest absolute Gasteiger partial charge is 0.376 e. The van der Waals surface area contributed by atoms with Crippen LogP contribution < -0.4 is 5.32 Å². The molecular weight excluding hydrogens is 311 g/mol. The monoisotopic (exact) mass is 330 g/mol. The molecule has 0 radical (unpaired) electrons. The summed E-state index contributed by atoms with van der Waals surface area (Å²) in [5, 5.41) is 3.86. The predicted molar refractivity (Wildman–Crippen MR) is 86.4 cm³/mol. The number of rotatable bonds is 3. The Morgan fingerprint density at radius 2 is 2.19 bits per heavy atom. The minimum atomic E-state index is -0.201. The van der Waals surface area contributed by atoms with Crippen molar-refractivity contribution in [2.24, 2.45) is 0 Å². The van der Waals surface area contributed by atoms with E-state index in [0.29, 0.717) is 22.3 Å². The lowest BCUT2D eigenvalue weighted by Gasteiger charge is -2.27. The van der Waals surface area contributed by atoms with Crippen LogP contribution in [0.4, 0.5) is 10.5 Å². The van der Waals surface area contributed by atoms with E-state index in [2.05, 4.69) is 5.32 Å². The van der Waals surface area contributed by atoms with E-state index in [0.717, 1.165) is 31.4 Å². The van der Waals surface area contributed by atoms with Gasteiger partial charge in [0.15, 0.2) is 0 Å². The fraction of sp³-hybridized carbons (Fsp3) is 0.533. The Balaban J connectivity index is 1.95. The molecule has 1 aromatic rings.